The number of amides is 1. The van der Waals surface area contributed by atoms with Gasteiger partial charge in [0.2, 0.25) is 0 Å². The SMILES string of the molecule is COc1ccc(Cl)cc1NC(=O)c1ccc(OCCn2nc(C(F)(F)F)c3c2CCCC3)cc1. The summed E-state index contributed by atoms with van der Waals surface area (Å²) in [4.78, 5) is 12.6. The van der Waals surface area contributed by atoms with E-state index in [0.29, 0.717) is 51.9 Å². The fraction of sp³-hybridized carbons (Fsp3) is 0.333. The molecule has 1 amide bonds. The molecular weight excluding hydrogens is 471 g/mol. The number of aromatic nitrogens is 2. The zero-order chi connectivity index (χ0) is 24.3. The summed E-state index contributed by atoms with van der Waals surface area (Å²) in [6, 6.07) is 11.4. The fourth-order valence-electron chi connectivity index (χ4n) is 4.01. The van der Waals surface area contributed by atoms with E-state index in [4.69, 9.17) is 21.1 Å². The molecule has 34 heavy (non-hydrogen) atoms. The van der Waals surface area contributed by atoms with Gasteiger partial charge in [0.05, 0.1) is 19.3 Å². The Bertz CT molecular complexity index is 1180. The number of carbonyl (C=O) groups is 1. The van der Waals surface area contributed by atoms with Crippen LogP contribution in [0.4, 0.5) is 18.9 Å². The van der Waals surface area contributed by atoms with Crippen LogP contribution in [0, 0.1) is 0 Å². The average Bonchev–Trinajstić information content (AvgIpc) is 3.19. The third-order valence-electron chi connectivity index (χ3n) is 5.62. The van der Waals surface area contributed by atoms with Crippen LogP contribution in [0.15, 0.2) is 42.5 Å². The van der Waals surface area contributed by atoms with Crippen molar-refractivity contribution in [1.82, 2.24) is 9.78 Å². The van der Waals surface area contributed by atoms with E-state index in [2.05, 4.69) is 10.4 Å². The summed E-state index contributed by atoms with van der Waals surface area (Å²) in [5.74, 6) is 0.621. The molecule has 6 nitrogen and oxygen atoms in total. The molecule has 0 fully saturated rings. The number of nitrogens with one attached hydrogen (secondary N) is 1. The lowest BCUT2D eigenvalue weighted by Gasteiger charge is -2.15. The van der Waals surface area contributed by atoms with E-state index in [0.717, 1.165) is 12.8 Å². The van der Waals surface area contributed by atoms with Gasteiger partial charge in [0.15, 0.2) is 5.69 Å². The lowest BCUT2D eigenvalue weighted by atomic mass is 9.95. The van der Waals surface area contributed by atoms with E-state index >= 15 is 0 Å². The molecule has 0 radical (unpaired) electrons. The molecule has 0 atom stereocenters. The van der Waals surface area contributed by atoms with Crippen molar-refractivity contribution in [3.05, 3.63) is 70.0 Å². The zero-order valence-corrected chi connectivity index (χ0v) is 19.2. The molecule has 1 aliphatic carbocycles. The summed E-state index contributed by atoms with van der Waals surface area (Å²) in [6.45, 7) is 0.353. The summed E-state index contributed by atoms with van der Waals surface area (Å²) >= 11 is 5.99. The first-order chi connectivity index (χ1) is 16.3. The molecule has 1 heterocycles. The molecule has 3 aromatic rings. The van der Waals surface area contributed by atoms with Crippen molar-refractivity contribution < 1.29 is 27.4 Å². The molecule has 4 rings (SSSR count). The first-order valence-electron chi connectivity index (χ1n) is 10.8. The molecule has 10 heteroatoms. The van der Waals surface area contributed by atoms with Gasteiger partial charge >= 0.3 is 6.18 Å². The summed E-state index contributed by atoms with van der Waals surface area (Å²) < 4.78 is 52.3. The maximum Gasteiger partial charge on any atom is 0.435 e. The molecule has 0 unspecified atom stereocenters. The van der Waals surface area contributed by atoms with Gasteiger partial charge in [-0.3, -0.25) is 9.48 Å². The van der Waals surface area contributed by atoms with Crippen LogP contribution in [0.25, 0.3) is 0 Å². The first kappa shape index (κ1) is 23.9. The van der Waals surface area contributed by atoms with Crippen LogP contribution in [0.2, 0.25) is 5.02 Å². The number of benzene rings is 2. The maximum absolute atomic E-state index is 13.3. The third kappa shape index (κ3) is 5.30. The molecule has 1 aromatic heterocycles. The predicted octanol–water partition coefficient (Wildman–Crippen LogP) is 5.77. The smallest absolute Gasteiger partial charge is 0.435 e. The van der Waals surface area contributed by atoms with Gasteiger partial charge in [0, 0.05) is 21.8 Å². The Morgan fingerprint density at radius 1 is 1.15 bits per heavy atom. The number of fused-ring (bicyclic) bond motifs is 1. The van der Waals surface area contributed by atoms with Gasteiger partial charge in [-0.15, -0.1) is 0 Å². The summed E-state index contributed by atoms with van der Waals surface area (Å²) in [5, 5.41) is 7.04. The Labute approximate surface area is 199 Å². The highest BCUT2D eigenvalue weighted by Crippen LogP contribution is 2.35. The van der Waals surface area contributed by atoms with E-state index in [9.17, 15) is 18.0 Å². The van der Waals surface area contributed by atoms with Crippen LogP contribution in [0.5, 0.6) is 11.5 Å². The molecule has 2 aromatic carbocycles. The Morgan fingerprint density at radius 3 is 2.59 bits per heavy atom. The highest BCUT2D eigenvalue weighted by Gasteiger charge is 2.39. The highest BCUT2D eigenvalue weighted by molar-refractivity contribution is 6.31. The van der Waals surface area contributed by atoms with E-state index in [-0.39, 0.29) is 19.1 Å². The molecule has 0 aliphatic heterocycles. The van der Waals surface area contributed by atoms with Crippen LogP contribution in [-0.2, 0) is 25.6 Å². The number of hydrogen-bond acceptors (Lipinski definition) is 4. The predicted molar refractivity (Wildman–Crippen MR) is 122 cm³/mol. The van der Waals surface area contributed by atoms with Gasteiger partial charge in [-0.25, -0.2) is 0 Å². The number of alkyl halides is 3. The number of carbonyl (C=O) groups excluding carboxylic acids is 1. The van der Waals surface area contributed by atoms with E-state index in [1.165, 1.54) is 11.8 Å². The quantitative estimate of drug-likeness (QED) is 0.453. The van der Waals surface area contributed by atoms with Crippen molar-refractivity contribution in [3.8, 4) is 11.5 Å². The second-order valence-corrected chi connectivity index (χ2v) is 8.31. The molecule has 1 N–H and O–H groups in total. The van der Waals surface area contributed by atoms with Crippen LogP contribution >= 0.6 is 11.6 Å². The van der Waals surface area contributed by atoms with Gasteiger partial charge < -0.3 is 14.8 Å². The number of methoxy groups -OCH3 is 1. The molecule has 0 bridgehead atoms. The number of hydrogen-bond donors (Lipinski definition) is 1. The van der Waals surface area contributed by atoms with Crippen molar-refractivity contribution in [2.24, 2.45) is 0 Å². The molecule has 0 saturated heterocycles. The highest BCUT2D eigenvalue weighted by atomic mass is 35.5. The van der Waals surface area contributed by atoms with E-state index < -0.39 is 11.9 Å². The topological polar surface area (TPSA) is 65.4 Å². The summed E-state index contributed by atoms with van der Waals surface area (Å²) in [6.07, 6.45) is -1.89. The minimum atomic E-state index is -4.46. The van der Waals surface area contributed by atoms with Crippen LogP contribution in [0.3, 0.4) is 0 Å². The van der Waals surface area contributed by atoms with Crippen molar-refractivity contribution in [2.45, 2.75) is 38.4 Å². The average molecular weight is 494 g/mol. The Kier molecular flexibility index (Phi) is 7.02. The van der Waals surface area contributed by atoms with Crippen molar-refractivity contribution in [3.63, 3.8) is 0 Å². The fourth-order valence-corrected chi connectivity index (χ4v) is 4.18. The first-order valence-corrected chi connectivity index (χ1v) is 11.2. The van der Waals surface area contributed by atoms with Crippen molar-refractivity contribution in [2.75, 3.05) is 19.0 Å². The lowest BCUT2D eigenvalue weighted by molar-refractivity contribution is -0.142. The lowest BCUT2D eigenvalue weighted by Crippen LogP contribution is -2.15. The minimum absolute atomic E-state index is 0.149. The summed E-state index contributed by atoms with van der Waals surface area (Å²) in [7, 11) is 1.49. The third-order valence-corrected chi connectivity index (χ3v) is 5.86. The van der Waals surface area contributed by atoms with E-state index in [1.54, 1.807) is 42.5 Å². The van der Waals surface area contributed by atoms with E-state index in [1.807, 2.05) is 0 Å². The van der Waals surface area contributed by atoms with Gasteiger partial charge in [-0.2, -0.15) is 18.3 Å². The number of nitrogens with zero attached hydrogens (tertiary/aromatic N) is 2. The van der Waals surface area contributed by atoms with Gasteiger partial charge in [-0.05, 0) is 68.1 Å². The van der Waals surface area contributed by atoms with Crippen LogP contribution in [0.1, 0.15) is 40.2 Å². The van der Waals surface area contributed by atoms with Gasteiger partial charge in [0.25, 0.3) is 5.91 Å². The molecular formula is C24H23ClF3N3O3. The Balaban J connectivity index is 1.37. The standard InChI is InChI=1S/C24H23ClF3N3O3/c1-33-21-11-8-16(25)14-19(21)29-23(32)15-6-9-17(10-7-15)34-13-12-31-20-5-3-2-4-18(20)22(30-31)24(26,27)28/h6-11,14H,2-5,12-13H2,1H3,(H,29,32). The van der Waals surface area contributed by atoms with Gasteiger partial charge in [-0.1, -0.05) is 11.6 Å². The summed E-state index contributed by atoms with van der Waals surface area (Å²) in [5.41, 5.74) is 1.01. The van der Waals surface area contributed by atoms with Crippen molar-refractivity contribution in [1.29, 1.82) is 0 Å². The number of halogens is 4. The monoisotopic (exact) mass is 493 g/mol. The van der Waals surface area contributed by atoms with Crippen LogP contribution in [-0.4, -0.2) is 29.4 Å². The normalized spacial score (nSPS) is 13.3. The second-order valence-electron chi connectivity index (χ2n) is 7.87. The Morgan fingerprint density at radius 2 is 1.88 bits per heavy atom. The maximum atomic E-state index is 13.3. The Hall–Kier alpha value is -3.20. The number of ether oxygens (including phenoxy) is 2. The largest absolute Gasteiger partial charge is 0.495 e. The minimum Gasteiger partial charge on any atom is -0.495 e. The zero-order valence-electron chi connectivity index (χ0n) is 18.4. The van der Waals surface area contributed by atoms with Crippen molar-refractivity contribution >= 4 is 23.2 Å². The second kappa shape index (κ2) is 9.97. The molecule has 180 valence electrons. The molecule has 1 aliphatic rings. The number of anilines is 1. The van der Waals surface area contributed by atoms with Gasteiger partial charge in [0.1, 0.15) is 18.1 Å². The molecule has 0 saturated carbocycles. The molecule has 0 spiro atoms. The number of rotatable bonds is 7. The van der Waals surface area contributed by atoms with Crippen LogP contribution < -0.4 is 14.8 Å².